The molecule has 0 spiro atoms. The molecule has 18 heavy (non-hydrogen) atoms. The topological polar surface area (TPSA) is 29.9 Å². The smallest absolute Gasteiger partial charge is 0.233 e. The first-order valence-electron chi connectivity index (χ1n) is 5.56. The lowest BCUT2D eigenvalue weighted by atomic mass is 10.1. The van der Waals surface area contributed by atoms with Gasteiger partial charge in [0.2, 0.25) is 5.89 Å². The molecule has 0 atom stereocenters. The Morgan fingerprint density at radius 1 is 1.17 bits per heavy atom. The highest BCUT2D eigenvalue weighted by atomic mass is 127. The quantitative estimate of drug-likeness (QED) is 0.442. The van der Waals surface area contributed by atoms with Crippen LogP contribution in [-0.2, 0) is 7.05 Å². The highest BCUT2D eigenvalue weighted by Gasteiger charge is 2.13. The summed E-state index contributed by atoms with van der Waals surface area (Å²) in [6.07, 6.45) is 4.04. The number of hydrogen-bond donors (Lipinski definition) is 0. The first kappa shape index (κ1) is 13.0. The van der Waals surface area contributed by atoms with Crippen molar-refractivity contribution >= 4 is 11.1 Å². The SMILES string of the molecule is Cc1cc[n+](C)cc1-c1nc2ccccc2o1.[I-]. The number of benzene rings is 1. The van der Waals surface area contributed by atoms with Gasteiger partial charge in [0.1, 0.15) is 18.1 Å². The van der Waals surface area contributed by atoms with Gasteiger partial charge in [-0.1, -0.05) is 12.1 Å². The van der Waals surface area contributed by atoms with Crippen molar-refractivity contribution in [1.82, 2.24) is 4.98 Å². The van der Waals surface area contributed by atoms with Gasteiger partial charge in [0.15, 0.2) is 18.0 Å². The lowest BCUT2D eigenvalue weighted by Gasteiger charge is -1.97. The molecule has 3 nitrogen and oxygen atoms in total. The van der Waals surface area contributed by atoms with Crippen molar-refractivity contribution in [3.8, 4) is 11.5 Å². The predicted octanol–water partition coefficient (Wildman–Crippen LogP) is -0.368. The fraction of sp³-hybridized carbons (Fsp3) is 0.143. The number of pyridine rings is 1. The van der Waals surface area contributed by atoms with E-state index < -0.39 is 0 Å². The lowest BCUT2D eigenvalue weighted by Crippen LogP contribution is -3.00. The van der Waals surface area contributed by atoms with E-state index >= 15 is 0 Å². The van der Waals surface area contributed by atoms with Gasteiger partial charge in [0.05, 0.1) is 0 Å². The van der Waals surface area contributed by atoms with Crippen LogP contribution < -0.4 is 28.5 Å². The summed E-state index contributed by atoms with van der Waals surface area (Å²) in [7, 11) is 1.99. The average Bonchev–Trinajstić information content (AvgIpc) is 2.75. The molecular formula is C14H13IN2O. The Balaban J connectivity index is 0.00000120. The normalized spacial score (nSPS) is 10.3. The van der Waals surface area contributed by atoms with Crippen molar-refractivity contribution in [2.24, 2.45) is 7.05 Å². The van der Waals surface area contributed by atoms with Gasteiger partial charge in [-0.25, -0.2) is 9.55 Å². The molecule has 3 rings (SSSR count). The molecular weight excluding hydrogens is 339 g/mol. The first-order chi connectivity index (χ1) is 8.24. The molecule has 3 aromatic rings. The number of hydrogen-bond acceptors (Lipinski definition) is 2. The number of aryl methyl sites for hydroxylation is 2. The van der Waals surface area contributed by atoms with Gasteiger partial charge in [-0.15, -0.1) is 0 Å². The third-order valence-electron chi connectivity index (χ3n) is 2.84. The van der Waals surface area contributed by atoms with Crippen molar-refractivity contribution in [3.63, 3.8) is 0 Å². The van der Waals surface area contributed by atoms with Gasteiger partial charge in [-0.2, -0.15) is 0 Å². The summed E-state index contributed by atoms with van der Waals surface area (Å²) in [4.78, 5) is 4.50. The van der Waals surface area contributed by atoms with Gasteiger partial charge in [0.25, 0.3) is 0 Å². The van der Waals surface area contributed by atoms with Gasteiger partial charge >= 0.3 is 0 Å². The van der Waals surface area contributed by atoms with Crippen molar-refractivity contribution in [2.45, 2.75) is 6.92 Å². The number of nitrogens with zero attached hydrogens (tertiary/aromatic N) is 2. The highest BCUT2D eigenvalue weighted by molar-refractivity contribution is 5.76. The van der Waals surface area contributed by atoms with E-state index in [2.05, 4.69) is 18.0 Å². The molecule has 0 saturated heterocycles. The average molecular weight is 352 g/mol. The van der Waals surface area contributed by atoms with Crippen molar-refractivity contribution in [2.75, 3.05) is 0 Å². The second-order valence-electron chi connectivity index (χ2n) is 4.19. The van der Waals surface area contributed by atoms with E-state index in [1.165, 1.54) is 0 Å². The number of aromatic nitrogens is 2. The zero-order valence-electron chi connectivity index (χ0n) is 10.2. The van der Waals surface area contributed by atoms with Crippen LogP contribution in [0.5, 0.6) is 0 Å². The first-order valence-corrected chi connectivity index (χ1v) is 5.56. The highest BCUT2D eigenvalue weighted by Crippen LogP contribution is 2.25. The van der Waals surface area contributed by atoms with Gasteiger partial charge in [0, 0.05) is 6.07 Å². The van der Waals surface area contributed by atoms with Crippen LogP contribution in [0.4, 0.5) is 0 Å². The molecule has 0 amide bonds. The molecule has 2 heterocycles. The lowest BCUT2D eigenvalue weighted by molar-refractivity contribution is -0.671. The van der Waals surface area contributed by atoms with E-state index in [0.717, 1.165) is 22.2 Å². The Morgan fingerprint density at radius 3 is 2.72 bits per heavy atom. The number of para-hydroxylation sites is 2. The maximum atomic E-state index is 5.77. The van der Waals surface area contributed by atoms with E-state index in [1.54, 1.807) is 0 Å². The van der Waals surface area contributed by atoms with Crippen molar-refractivity contribution in [3.05, 3.63) is 48.3 Å². The van der Waals surface area contributed by atoms with Gasteiger partial charge in [-0.3, -0.25) is 0 Å². The number of halogens is 1. The molecule has 0 aliphatic carbocycles. The third kappa shape index (κ3) is 2.25. The Kier molecular flexibility index (Phi) is 3.65. The Labute approximate surface area is 122 Å². The van der Waals surface area contributed by atoms with Crippen LogP contribution in [0.25, 0.3) is 22.6 Å². The molecule has 0 aliphatic heterocycles. The number of rotatable bonds is 1. The third-order valence-corrected chi connectivity index (χ3v) is 2.84. The van der Waals surface area contributed by atoms with E-state index in [-0.39, 0.29) is 24.0 Å². The maximum Gasteiger partial charge on any atom is 0.233 e. The van der Waals surface area contributed by atoms with Crippen LogP contribution in [0, 0.1) is 6.92 Å². The summed E-state index contributed by atoms with van der Waals surface area (Å²) >= 11 is 0. The van der Waals surface area contributed by atoms with E-state index in [1.807, 2.05) is 48.3 Å². The summed E-state index contributed by atoms with van der Waals surface area (Å²) in [5.41, 5.74) is 3.92. The summed E-state index contributed by atoms with van der Waals surface area (Å²) < 4.78 is 7.76. The largest absolute Gasteiger partial charge is 1.00 e. The van der Waals surface area contributed by atoms with E-state index in [0.29, 0.717) is 5.89 Å². The summed E-state index contributed by atoms with van der Waals surface area (Å²) in [6, 6.07) is 9.87. The van der Waals surface area contributed by atoms with Gasteiger partial charge < -0.3 is 28.4 Å². The van der Waals surface area contributed by atoms with Crippen LogP contribution in [0.2, 0.25) is 0 Å². The zero-order chi connectivity index (χ0) is 11.8. The minimum absolute atomic E-state index is 0. The maximum absolute atomic E-state index is 5.77. The summed E-state index contributed by atoms with van der Waals surface area (Å²) in [5, 5.41) is 0. The Hall–Kier alpha value is -1.43. The fourth-order valence-corrected chi connectivity index (χ4v) is 1.88. The van der Waals surface area contributed by atoms with Crippen LogP contribution in [-0.4, -0.2) is 4.98 Å². The van der Waals surface area contributed by atoms with E-state index in [4.69, 9.17) is 4.42 Å². The predicted molar refractivity (Wildman–Crippen MR) is 65.4 cm³/mol. The molecule has 0 N–H and O–H groups in total. The molecule has 92 valence electrons. The van der Waals surface area contributed by atoms with E-state index in [9.17, 15) is 0 Å². The Morgan fingerprint density at radius 2 is 1.94 bits per heavy atom. The van der Waals surface area contributed by atoms with Crippen molar-refractivity contribution in [1.29, 1.82) is 0 Å². The van der Waals surface area contributed by atoms with Crippen LogP contribution in [0.3, 0.4) is 0 Å². The molecule has 2 aromatic heterocycles. The molecule has 1 aromatic carbocycles. The number of fused-ring (bicyclic) bond motifs is 1. The molecule has 0 fully saturated rings. The summed E-state index contributed by atoms with van der Waals surface area (Å²) in [5.74, 6) is 0.680. The second-order valence-corrected chi connectivity index (χ2v) is 4.19. The minimum Gasteiger partial charge on any atom is -1.00 e. The minimum atomic E-state index is 0. The Bertz CT molecular complexity index is 658. The molecule has 0 radical (unpaired) electrons. The zero-order valence-corrected chi connectivity index (χ0v) is 12.4. The van der Waals surface area contributed by atoms with Crippen LogP contribution in [0.15, 0.2) is 47.1 Å². The molecule has 0 aliphatic rings. The number of oxazole rings is 1. The van der Waals surface area contributed by atoms with Gasteiger partial charge in [-0.05, 0) is 24.6 Å². The van der Waals surface area contributed by atoms with Crippen LogP contribution in [0.1, 0.15) is 5.56 Å². The second kappa shape index (κ2) is 5.06. The summed E-state index contributed by atoms with van der Waals surface area (Å²) in [6.45, 7) is 2.06. The van der Waals surface area contributed by atoms with Crippen LogP contribution >= 0.6 is 0 Å². The molecule has 0 saturated carbocycles. The fourth-order valence-electron chi connectivity index (χ4n) is 1.88. The standard InChI is InChI=1S/C14H13N2O.HI/c1-10-7-8-16(2)9-11(10)14-15-12-5-3-4-6-13(12)17-14;/h3-9H,1-2H3;1H/q+1;/p-1. The monoisotopic (exact) mass is 352 g/mol. The molecule has 0 unspecified atom stereocenters. The molecule has 0 bridgehead atoms. The van der Waals surface area contributed by atoms with Crippen molar-refractivity contribution < 1.29 is 33.0 Å². The molecule has 4 heteroatoms.